The predicted octanol–water partition coefficient (Wildman–Crippen LogP) is 3.12. The fraction of sp³-hybridized carbons (Fsp3) is 0.333. The lowest BCUT2D eigenvalue weighted by atomic mass is 9.97. The van der Waals surface area contributed by atoms with Gasteiger partial charge in [-0.25, -0.2) is 12.7 Å². The van der Waals surface area contributed by atoms with Gasteiger partial charge in [-0.05, 0) is 30.0 Å². The van der Waals surface area contributed by atoms with Crippen LogP contribution in [0.1, 0.15) is 48.7 Å². The van der Waals surface area contributed by atoms with Crippen LogP contribution in [-0.4, -0.2) is 31.1 Å². The van der Waals surface area contributed by atoms with Gasteiger partial charge in [0.05, 0.1) is 11.6 Å². The zero-order chi connectivity index (χ0) is 20.3. The average molecular weight is 401 g/mol. The second-order valence-electron chi connectivity index (χ2n) is 7.29. The van der Waals surface area contributed by atoms with Gasteiger partial charge in [-0.3, -0.25) is 9.59 Å². The van der Waals surface area contributed by atoms with Crippen LogP contribution in [0.4, 0.5) is 0 Å². The summed E-state index contributed by atoms with van der Waals surface area (Å²) in [7, 11) is -3.89. The lowest BCUT2D eigenvalue weighted by molar-refractivity contribution is -0.122. The highest BCUT2D eigenvalue weighted by molar-refractivity contribution is 7.90. The molecule has 0 spiro atoms. The number of benzene rings is 2. The Morgan fingerprint density at radius 3 is 2.32 bits per heavy atom. The number of hydrogen-bond acceptors (Lipinski definition) is 4. The molecular weight excluding hydrogens is 376 g/mol. The Balaban J connectivity index is 1.68. The average Bonchev–Trinajstić information content (AvgIpc) is 2.86. The summed E-state index contributed by atoms with van der Waals surface area (Å²) < 4.78 is 25.9. The molecule has 148 valence electrons. The molecule has 6 nitrogen and oxygen atoms in total. The Morgan fingerprint density at radius 2 is 1.68 bits per heavy atom. The molecule has 2 aromatic carbocycles. The molecule has 1 N–H and O–H groups in total. The maximum absolute atomic E-state index is 12.6. The van der Waals surface area contributed by atoms with E-state index in [0.717, 1.165) is 16.3 Å². The molecule has 2 aromatic rings. The fourth-order valence-electron chi connectivity index (χ4n) is 3.36. The van der Waals surface area contributed by atoms with Crippen molar-refractivity contribution in [2.45, 2.75) is 37.6 Å². The third-order valence-corrected chi connectivity index (χ3v) is 6.54. The minimum absolute atomic E-state index is 0.00220. The van der Waals surface area contributed by atoms with E-state index in [4.69, 9.17) is 0 Å². The van der Waals surface area contributed by atoms with Crippen LogP contribution >= 0.6 is 0 Å². The molecular formula is C21H24N2O4S. The molecule has 7 heteroatoms. The lowest BCUT2D eigenvalue weighted by Gasteiger charge is -2.22. The Kier molecular flexibility index (Phi) is 5.84. The molecule has 2 amide bonds. The second-order valence-corrected chi connectivity index (χ2v) is 9.12. The van der Waals surface area contributed by atoms with Gasteiger partial charge in [0.1, 0.15) is 4.90 Å². The summed E-state index contributed by atoms with van der Waals surface area (Å²) in [5.41, 5.74) is 1.16. The molecule has 3 rings (SSSR count). The number of nitrogens with one attached hydrogen (secondary N) is 1. The summed E-state index contributed by atoms with van der Waals surface area (Å²) in [5.74, 6) is -0.487. The van der Waals surface area contributed by atoms with E-state index in [1.807, 2.05) is 30.3 Å². The van der Waals surface area contributed by atoms with Crippen LogP contribution in [0, 0.1) is 5.92 Å². The molecule has 1 aliphatic heterocycles. The number of hydrogen-bond donors (Lipinski definition) is 1. The SMILES string of the molecule is CC(C)C[C@@H](NC(=O)CCN1C(=O)c2ccccc2S1(=O)=O)c1ccccc1. The van der Waals surface area contributed by atoms with Crippen LogP contribution < -0.4 is 5.32 Å². The van der Waals surface area contributed by atoms with Crippen LogP contribution in [0.15, 0.2) is 59.5 Å². The normalized spacial score (nSPS) is 16.1. The van der Waals surface area contributed by atoms with Crippen molar-refractivity contribution in [2.24, 2.45) is 5.92 Å². The number of carbonyl (C=O) groups excluding carboxylic acids is 2. The standard InChI is InChI=1S/C21H24N2O4S/c1-15(2)14-18(16-8-4-3-5-9-16)22-20(24)12-13-23-21(25)17-10-6-7-11-19(17)28(23,26)27/h3-11,15,18H,12-14H2,1-2H3,(H,22,24)/t18-/m1/s1. The van der Waals surface area contributed by atoms with Crippen molar-refractivity contribution in [1.29, 1.82) is 0 Å². The smallest absolute Gasteiger partial charge is 0.269 e. The highest BCUT2D eigenvalue weighted by atomic mass is 32.2. The van der Waals surface area contributed by atoms with E-state index in [1.165, 1.54) is 12.1 Å². The van der Waals surface area contributed by atoms with Gasteiger partial charge >= 0.3 is 0 Å². The van der Waals surface area contributed by atoms with Crippen LogP contribution in [0.25, 0.3) is 0 Å². The highest BCUT2D eigenvalue weighted by Crippen LogP contribution is 2.30. The van der Waals surface area contributed by atoms with Crippen molar-refractivity contribution in [3.63, 3.8) is 0 Å². The van der Waals surface area contributed by atoms with Crippen molar-refractivity contribution in [3.8, 4) is 0 Å². The minimum atomic E-state index is -3.89. The zero-order valence-corrected chi connectivity index (χ0v) is 16.8. The van der Waals surface area contributed by atoms with Gasteiger partial charge in [-0.2, -0.15) is 0 Å². The van der Waals surface area contributed by atoms with Crippen molar-refractivity contribution in [3.05, 3.63) is 65.7 Å². The molecule has 0 saturated carbocycles. The monoisotopic (exact) mass is 400 g/mol. The molecule has 0 saturated heterocycles. The van der Waals surface area contributed by atoms with Gasteiger partial charge in [0.15, 0.2) is 0 Å². The van der Waals surface area contributed by atoms with Crippen molar-refractivity contribution in [2.75, 3.05) is 6.54 Å². The maximum Gasteiger partial charge on any atom is 0.269 e. The first-order valence-corrected chi connectivity index (χ1v) is 10.7. The Morgan fingerprint density at radius 1 is 1.04 bits per heavy atom. The van der Waals surface area contributed by atoms with Crippen molar-refractivity contribution >= 4 is 21.8 Å². The quantitative estimate of drug-likeness (QED) is 0.774. The van der Waals surface area contributed by atoms with Gasteiger partial charge < -0.3 is 5.32 Å². The Labute approximate surface area is 165 Å². The van der Waals surface area contributed by atoms with E-state index in [1.54, 1.807) is 12.1 Å². The molecule has 0 bridgehead atoms. The number of rotatable bonds is 7. The first-order valence-electron chi connectivity index (χ1n) is 9.31. The van der Waals surface area contributed by atoms with E-state index in [-0.39, 0.29) is 35.4 Å². The molecule has 1 aliphatic rings. The number of nitrogens with zero attached hydrogens (tertiary/aromatic N) is 1. The Hall–Kier alpha value is -2.67. The zero-order valence-electron chi connectivity index (χ0n) is 16.0. The molecule has 0 aliphatic carbocycles. The maximum atomic E-state index is 12.6. The summed E-state index contributed by atoms with van der Waals surface area (Å²) in [6.07, 6.45) is 0.683. The van der Waals surface area contributed by atoms with E-state index in [9.17, 15) is 18.0 Å². The van der Waals surface area contributed by atoms with Crippen molar-refractivity contribution < 1.29 is 18.0 Å². The van der Waals surface area contributed by atoms with Gasteiger partial charge in [-0.1, -0.05) is 56.3 Å². The highest BCUT2D eigenvalue weighted by Gasteiger charge is 2.40. The van der Waals surface area contributed by atoms with E-state index >= 15 is 0 Å². The summed E-state index contributed by atoms with van der Waals surface area (Å²) in [4.78, 5) is 24.9. The van der Waals surface area contributed by atoms with Crippen LogP contribution in [0.2, 0.25) is 0 Å². The van der Waals surface area contributed by atoms with Crippen LogP contribution in [-0.2, 0) is 14.8 Å². The van der Waals surface area contributed by atoms with E-state index in [2.05, 4.69) is 19.2 Å². The summed E-state index contributed by atoms with van der Waals surface area (Å²) in [5, 5.41) is 2.98. The van der Waals surface area contributed by atoms with E-state index in [0.29, 0.717) is 5.92 Å². The number of sulfonamides is 1. The largest absolute Gasteiger partial charge is 0.349 e. The van der Waals surface area contributed by atoms with Gasteiger partial charge in [0.25, 0.3) is 15.9 Å². The first-order chi connectivity index (χ1) is 13.3. The van der Waals surface area contributed by atoms with Crippen molar-refractivity contribution in [1.82, 2.24) is 9.62 Å². The lowest BCUT2D eigenvalue weighted by Crippen LogP contribution is -2.36. The third-order valence-electron chi connectivity index (χ3n) is 4.70. The molecule has 1 heterocycles. The van der Waals surface area contributed by atoms with Gasteiger partial charge in [0, 0.05) is 13.0 Å². The van der Waals surface area contributed by atoms with Gasteiger partial charge in [-0.15, -0.1) is 0 Å². The molecule has 28 heavy (non-hydrogen) atoms. The summed E-state index contributed by atoms with van der Waals surface area (Å²) >= 11 is 0. The number of carbonyl (C=O) groups is 2. The molecule has 0 radical (unpaired) electrons. The van der Waals surface area contributed by atoms with Gasteiger partial charge in [0.2, 0.25) is 5.91 Å². The minimum Gasteiger partial charge on any atom is -0.349 e. The molecule has 0 unspecified atom stereocenters. The molecule has 0 fully saturated rings. The van der Waals surface area contributed by atoms with Crippen LogP contribution in [0.5, 0.6) is 0 Å². The fourth-order valence-corrected chi connectivity index (χ4v) is 4.93. The number of fused-ring (bicyclic) bond motifs is 1. The first kappa shape index (κ1) is 20.1. The summed E-state index contributed by atoms with van der Waals surface area (Å²) in [6.45, 7) is 3.98. The van der Waals surface area contributed by atoms with Crippen LogP contribution in [0.3, 0.4) is 0 Å². The van der Waals surface area contributed by atoms with E-state index < -0.39 is 15.9 Å². The summed E-state index contributed by atoms with van der Waals surface area (Å²) in [6, 6.07) is 15.6. The molecule has 0 aromatic heterocycles. The second kappa shape index (κ2) is 8.14. The number of amides is 2. The topological polar surface area (TPSA) is 83.6 Å². The third kappa shape index (κ3) is 4.09. The Bertz CT molecular complexity index is 971. The molecule has 1 atom stereocenters. The predicted molar refractivity (Wildman–Crippen MR) is 106 cm³/mol.